The molecule has 0 bridgehead atoms. The average Bonchev–Trinajstić information content (AvgIpc) is 3.27. The van der Waals surface area contributed by atoms with Gasteiger partial charge in [-0.3, -0.25) is 14.4 Å². The van der Waals surface area contributed by atoms with Gasteiger partial charge in [0.05, 0.1) is 45.0 Å². The highest BCUT2D eigenvalue weighted by Gasteiger charge is 2.39. The summed E-state index contributed by atoms with van der Waals surface area (Å²) in [6.07, 6.45) is 2.79. The fourth-order valence-corrected chi connectivity index (χ4v) is 4.94. The standard InChI is InChI=1S/C30H22O9/c1-34-16-6-8-22-20(11-16)28(32)21(14-37-22)19-13-26(31)38-23-9-7-18-29(33)25(39-30(18)27(19)23)10-15-4-5-17(35-2)12-24(15)36-3/h4-12,14,19H,13H2,1-3H3/b25-10-/t19-/m0/s1. The Balaban J connectivity index is 1.48. The minimum atomic E-state index is -0.759. The van der Waals surface area contributed by atoms with E-state index in [1.165, 1.54) is 20.5 Å². The number of carbonyl (C=O) groups is 2. The lowest BCUT2D eigenvalue weighted by molar-refractivity contribution is -0.135. The van der Waals surface area contributed by atoms with Gasteiger partial charge in [-0.2, -0.15) is 0 Å². The van der Waals surface area contributed by atoms with Crippen molar-refractivity contribution in [1.29, 1.82) is 0 Å². The van der Waals surface area contributed by atoms with E-state index in [1.807, 2.05) is 0 Å². The summed E-state index contributed by atoms with van der Waals surface area (Å²) in [7, 11) is 4.57. The lowest BCUT2D eigenvalue weighted by Gasteiger charge is -2.25. The van der Waals surface area contributed by atoms with E-state index in [0.717, 1.165) is 0 Å². The van der Waals surface area contributed by atoms with Crippen LogP contribution in [0.1, 0.15) is 39.4 Å². The molecule has 0 fully saturated rings. The van der Waals surface area contributed by atoms with Crippen molar-refractivity contribution in [3.05, 3.63) is 93.0 Å². The Bertz CT molecular complexity index is 1760. The molecule has 0 radical (unpaired) electrons. The Morgan fingerprint density at radius 1 is 0.872 bits per heavy atom. The van der Waals surface area contributed by atoms with Crippen LogP contribution in [0.5, 0.6) is 28.7 Å². The molecule has 1 aromatic heterocycles. The van der Waals surface area contributed by atoms with Gasteiger partial charge in [0.1, 0.15) is 34.3 Å². The molecule has 4 aromatic rings. The molecule has 6 rings (SSSR count). The zero-order valence-corrected chi connectivity index (χ0v) is 21.2. The van der Waals surface area contributed by atoms with E-state index in [9.17, 15) is 14.4 Å². The Morgan fingerprint density at radius 2 is 1.64 bits per heavy atom. The molecule has 0 saturated heterocycles. The van der Waals surface area contributed by atoms with Gasteiger partial charge in [-0.1, -0.05) is 0 Å². The van der Waals surface area contributed by atoms with Crippen LogP contribution in [-0.2, 0) is 4.79 Å². The van der Waals surface area contributed by atoms with Gasteiger partial charge in [-0.25, -0.2) is 0 Å². The molecule has 9 heteroatoms. The highest BCUT2D eigenvalue weighted by atomic mass is 16.5. The van der Waals surface area contributed by atoms with Crippen molar-refractivity contribution in [2.45, 2.75) is 12.3 Å². The largest absolute Gasteiger partial charge is 0.497 e. The molecule has 1 atom stereocenters. The second kappa shape index (κ2) is 9.36. The van der Waals surface area contributed by atoms with Crippen molar-refractivity contribution >= 4 is 28.8 Å². The molecule has 0 spiro atoms. The molecule has 39 heavy (non-hydrogen) atoms. The fourth-order valence-electron chi connectivity index (χ4n) is 4.94. The quantitative estimate of drug-likeness (QED) is 0.204. The van der Waals surface area contributed by atoms with Gasteiger partial charge < -0.3 is 28.1 Å². The van der Waals surface area contributed by atoms with Gasteiger partial charge in [0.25, 0.3) is 0 Å². The van der Waals surface area contributed by atoms with Crippen LogP contribution in [0.15, 0.2) is 69.8 Å². The molecule has 0 N–H and O–H groups in total. The maximum atomic E-state index is 13.6. The number of fused-ring (bicyclic) bond motifs is 4. The minimum absolute atomic E-state index is 0.0628. The normalized spacial score (nSPS) is 16.9. The van der Waals surface area contributed by atoms with E-state index in [2.05, 4.69) is 0 Å². The number of methoxy groups -OCH3 is 3. The van der Waals surface area contributed by atoms with Gasteiger partial charge in [-0.15, -0.1) is 0 Å². The van der Waals surface area contributed by atoms with Gasteiger partial charge in [0, 0.05) is 28.7 Å². The van der Waals surface area contributed by atoms with Crippen molar-refractivity contribution in [3.63, 3.8) is 0 Å². The first-order valence-corrected chi connectivity index (χ1v) is 12.0. The SMILES string of the molecule is COc1ccc(/C=C2\Oc3c(ccc4c3[C@H](c3coc5ccc(OC)cc5c3=O)CC(=O)O4)C2=O)c(OC)c1. The van der Waals surface area contributed by atoms with Crippen LogP contribution in [0.2, 0.25) is 0 Å². The predicted molar refractivity (Wildman–Crippen MR) is 140 cm³/mol. The highest BCUT2D eigenvalue weighted by Crippen LogP contribution is 2.48. The van der Waals surface area contributed by atoms with Crippen molar-refractivity contribution in [2.75, 3.05) is 21.3 Å². The lowest BCUT2D eigenvalue weighted by Crippen LogP contribution is -2.25. The Morgan fingerprint density at radius 3 is 2.41 bits per heavy atom. The molecule has 3 heterocycles. The third-order valence-electron chi connectivity index (χ3n) is 6.89. The molecule has 196 valence electrons. The first-order chi connectivity index (χ1) is 18.9. The second-order valence-corrected chi connectivity index (χ2v) is 9.01. The fraction of sp³-hybridized carbons (Fsp3) is 0.167. The monoisotopic (exact) mass is 526 g/mol. The third kappa shape index (κ3) is 3.99. The van der Waals surface area contributed by atoms with Crippen LogP contribution in [0.3, 0.4) is 0 Å². The number of allylic oxidation sites excluding steroid dienone is 1. The van der Waals surface area contributed by atoms with E-state index in [4.69, 9.17) is 28.1 Å². The molecule has 3 aromatic carbocycles. The smallest absolute Gasteiger partial charge is 0.312 e. The number of carbonyl (C=O) groups excluding carboxylic acids is 2. The maximum absolute atomic E-state index is 13.6. The number of ketones is 1. The van der Waals surface area contributed by atoms with Gasteiger partial charge in [0.15, 0.2) is 11.2 Å². The number of ether oxygens (including phenoxy) is 5. The summed E-state index contributed by atoms with van der Waals surface area (Å²) in [4.78, 5) is 39.5. The van der Waals surface area contributed by atoms with Crippen molar-refractivity contribution in [2.24, 2.45) is 0 Å². The summed E-state index contributed by atoms with van der Waals surface area (Å²) in [5.41, 5.74) is 1.64. The summed E-state index contributed by atoms with van der Waals surface area (Å²) in [6, 6.07) is 13.2. The third-order valence-corrected chi connectivity index (χ3v) is 6.89. The summed E-state index contributed by atoms with van der Waals surface area (Å²) >= 11 is 0. The van der Waals surface area contributed by atoms with Crippen LogP contribution in [-0.4, -0.2) is 33.1 Å². The number of Topliss-reactive ketones (excluding diaryl/α,β-unsaturated/α-hetero) is 1. The number of benzene rings is 3. The zero-order valence-electron chi connectivity index (χ0n) is 21.2. The molecule has 0 unspecified atom stereocenters. The van der Waals surface area contributed by atoms with Crippen LogP contribution in [0, 0.1) is 0 Å². The van der Waals surface area contributed by atoms with E-state index in [0.29, 0.717) is 44.9 Å². The summed E-state index contributed by atoms with van der Waals surface area (Å²) in [5.74, 6) is 0.480. The molecule has 0 saturated carbocycles. The number of hydrogen-bond donors (Lipinski definition) is 0. The molecular weight excluding hydrogens is 504 g/mol. The second-order valence-electron chi connectivity index (χ2n) is 9.01. The van der Waals surface area contributed by atoms with E-state index < -0.39 is 11.9 Å². The molecule has 2 aliphatic heterocycles. The Kier molecular flexibility index (Phi) is 5.83. The van der Waals surface area contributed by atoms with E-state index in [-0.39, 0.29) is 40.5 Å². The molecule has 0 amide bonds. The first kappa shape index (κ1) is 24.3. The van der Waals surface area contributed by atoms with Gasteiger partial charge in [-0.05, 0) is 48.5 Å². The number of rotatable bonds is 5. The van der Waals surface area contributed by atoms with Gasteiger partial charge >= 0.3 is 5.97 Å². The summed E-state index contributed by atoms with van der Waals surface area (Å²) < 4.78 is 33.3. The highest BCUT2D eigenvalue weighted by molar-refractivity contribution is 6.15. The maximum Gasteiger partial charge on any atom is 0.312 e. The number of esters is 1. The summed E-state index contributed by atoms with van der Waals surface area (Å²) in [5, 5.41) is 0.309. The van der Waals surface area contributed by atoms with Crippen molar-refractivity contribution in [1.82, 2.24) is 0 Å². The molecular formula is C30H22O9. The number of hydrogen-bond acceptors (Lipinski definition) is 9. The summed E-state index contributed by atoms with van der Waals surface area (Å²) in [6.45, 7) is 0. The first-order valence-electron chi connectivity index (χ1n) is 12.0. The Labute approximate surface area is 222 Å². The predicted octanol–water partition coefficient (Wildman–Crippen LogP) is 4.88. The molecule has 2 aliphatic rings. The zero-order chi connectivity index (χ0) is 27.3. The van der Waals surface area contributed by atoms with Crippen LogP contribution < -0.4 is 29.1 Å². The lowest BCUT2D eigenvalue weighted by atomic mass is 9.85. The minimum Gasteiger partial charge on any atom is -0.497 e. The molecule has 9 nitrogen and oxygen atoms in total. The Hall–Kier alpha value is -5.05. The molecule has 0 aliphatic carbocycles. The topological polar surface area (TPSA) is 111 Å². The van der Waals surface area contributed by atoms with E-state index >= 15 is 0 Å². The van der Waals surface area contributed by atoms with Crippen LogP contribution >= 0.6 is 0 Å². The van der Waals surface area contributed by atoms with Crippen molar-refractivity contribution in [3.8, 4) is 28.7 Å². The average molecular weight is 526 g/mol. The van der Waals surface area contributed by atoms with E-state index in [1.54, 1.807) is 61.7 Å². The van der Waals surface area contributed by atoms with Crippen LogP contribution in [0.4, 0.5) is 0 Å². The van der Waals surface area contributed by atoms with Crippen LogP contribution in [0.25, 0.3) is 17.0 Å². The van der Waals surface area contributed by atoms with Crippen molar-refractivity contribution < 1.29 is 37.7 Å². The van der Waals surface area contributed by atoms with Gasteiger partial charge in [0.2, 0.25) is 5.78 Å².